The molecule has 27 heavy (non-hydrogen) atoms. The standard InChI is InChI=1S/C21H22ClN3O2/c1-23(2)10-11-24-17-7-5-4-6-15(17)19-16-12-14(22)8-9-18(16)25(13-27-3)20(19)21(24)26/h4-9,12H,10-11,13H2,1-3H3. The first-order valence-corrected chi connectivity index (χ1v) is 9.27. The Labute approximate surface area is 162 Å². The molecule has 2 aromatic carbocycles. The van der Waals surface area contributed by atoms with E-state index in [-0.39, 0.29) is 5.56 Å². The molecule has 0 bridgehead atoms. The highest BCUT2D eigenvalue weighted by Crippen LogP contribution is 2.34. The number of fused-ring (bicyclic) bond motifs is 5. The molecule has 5 nitrogen and oxygen atoms in total. The highest BCUT2D eigenvalue weighted by Gasteiger charge is 2.19. The molecule has 0 aliphatic rings. The van der Waals surface area contributed by atoms with Crippen LogP contribution < -0.4 is 5.56 Å². The van der Waals surface area contributed by atoms with Gasteiger partial charge >= 0.3 is 0 Å². The third-order valence-corrected chi connectivity index (χ3v) is 5.20. The molecule has 0 radical (unpaired) electrons. The molecule has 0 amide bonds. The maximum atomic E-state index is 13.5. The van der Waals surface area contributed by atoms with Gasteiger partial charge in [-0.1, -0.05) is 29.8 Å². The van der Waals surface area contributed by atoms with Crippen LogP contribution in [0.5, 0.6) is 0 Å². The average Bonchev–Trinajstić information content (AvgIpc) is 2.96. The smallest absolute Gasteiger partial charge is 0.275 e. The Morgan fingerprint density at radius 2 is 1.78 bits per heavy atom. The van der Waals surface area contributed by atoms with Crippen LogP contribution in [0.3, 0.4) is 0 Å². The van der Waals surface area contributed by atoms with Gasteiger partial charge in [0.15, 0.2) is 0 Å². The Morgan fingerprint density at radius 3 is 2.52 bits per heavy atom. The van der Waals surface area contributed by atoms with Crippen LogP contribution in [0, 0.1) is 0 Å². The maximum absolute atomic E-state index is 13.5. The van der Waals surface area contributed by atoms with Crippen molar-refractivity contribution in [3.05, 3.63) is 57.8 Å². The van der Waals surface area contributed by atoms with Gasteiger partial charge in [-0.05, 0) is 38.4 Å². The van der Waals surface area contributed by atoms with E-state index in [4.69, 9.17) is 16.3 Å². The minimum Gasteiger partial charge on any atom is -0.364 e. The quantitative estimate of drug-likeness (QED) is 0.524. The molecular weight excluding hydrogens is 362 g/mol. The van der Waals surface area contributed by atoms with Crippen LogP contribution in [0.1, 0.15) is 0 Å². The van der Waals surface area contributed by atoms with Crippen molar-refractivity contribution in [3.63, 3.8) is 0 Å². The van der Waals surface area contributed by atoms with E-state index in [2.05, 4.69) is 11.0 Å². The molecule has 2 aromatic heterocycles. The number of halogens is 1. The monoisotopic (exact) mass is 383 g/mol. The Morgan fingerprint density at radius 1 is 1.04 bits per heavy atom. The SMILES string of the molecule is COCn1c2ccc(Cl)cc2c2c3ccccc3n(CCN(C)C)c(=O)c21. The molecule has 4 rings (SSSR count). The molecule has 4 aromatic rings. The summed E-state index contributed by atoms with van der Waals surface area (Å²) in [7, 11) is 5.66. The summed E-state index contributed by atoms with van der Waals surface area (Å²) in [4.78, 5) is 15.6. The predicted molar refractivity (Wildman–Crippen MR) is 112 cm³/mol. The molecule has 6 heteroatoms. The second kappa shape index (κ2) is 7.00. The van der Waals surface area contributed by atoms with Crippen molar-refractivity contribution >= 4 is 44.3 Å². The van der Waals surface area contributed by atoms with E-state index in [0.717, 1.165) is 33.7 Å². The number of rotatable bonds is 5. The number of hydrogen-bond acceptors (Lipinski definition) is 3. The van der Waals surface area contributed by atoms with Crippen molar-refractivity contribution in [3.8, 4) is 0 Å². The van der Waals surface area contributed by atoms with Gasteiger partial charge in [-0.15, -0.1) is 0 Å². The van der Waals surface area contributed by atoms with Crippen molar-refractivity contribution < 1.29 is 4.74 Å². The third kappa shape index (κ3) is 2.92. The average molecular weight is 384 g/mol. The number of aromatic nitrogens is 2. The Hall–Kier alpha value is -2.34. The molecular formula is C21H22ClN3O2. The van der Waals surface area contributed by atoms with Crippen LogP contribution in [0.15, 0.2) is 47.3 Å². The minimum atomic E-state index is -0.00470. The van der Waals surface area contributed by atoms with E-state index in [1.54, 1.807) is 7.11 Å². The zero-order chi connectivity index (χ0) is 19.1. The van der Waals surface area contributed by atoms with Crippen LogP contribution in [-0.4, -0.2) is 41.8 Å². The molecule has 0 saturated heterocycles. The highest BCUT2D eigenvalue weighted by atomic mass is 35.5. The fourth-order valence-electron chi connectivity index (χ4n) is 3.76. The van der Waals surface area contributed by atoms with Gasteiger partial charge in [0.2, 0.25) is 0 Å². The second-order valence-electron chi connectivity index (χ2n) is 7.01. The zero-order valence-corrected chi connectivity index (χ0v) is 16.5. The van der Waals surface area contributed by atoms with Gasteiger partial charge in [0.05, 0.1) is 11.0 Å². The van der Waals surface area contributed by atoms with Crippen molar-refractivity contribution in [2.75, 3.05) is 27.7 Å². The summed E-state index contributed by atoms with van der Waals surface area (Å²) in [6.07, 6.45) is 0. The van der Waals surface area contributed by atoms with E-state index in [1.165, 1.54) is 0 Å². The van der Waals surface area contributed by atoms with Gasteiger partial charge in [-0.2, -0.15) is 0 Å². The summed E-state index contributed by atoms with van der Waals surface area (Å²) in [5.41, 5.74) is 2.54. The number of ether oxygens (including phenoxy) is 1. The fourth-order valence-corrected chi connectivity index (χ4v) is 3.94. The Balaban J connectivity index is 2.21. The summed E-state index contributed by atoms with van der Waals surface area (Å²) >= 11 is 6.28. The lowest BCUT2D eigenvalue weighted by Gasteiger charge is -2.15. The van der Waals surface area contributed by atoms with Crippen LogP contribution in [0.2, 0.25) is 5.02 Å². The molecule has 0 saturated carbocycles. The number of hydrogen-bond donors (Lipinski definition) is 0. The van der Waals surface area contributed by atoms with Crippen molar-refractivity contribution in [2.24, 2.45) is 0 Å². The normalized spacial score (nSPS) is 12.0. The lowest BCUT2D eigenvalue weighted by Crippen LogP contribution is -2.28. The number of methoxy groups -OCH3 is 1. The highest BCUT2D eigenvalue weighted by molar-refractivity contribution is 6.32. The summed E-state index contributed by atoms with van der Waals surface area (Å²) < 4.78 is 9.22. The molecule has 140 valence electrons. The molecule has 0 aliphatic carbocycles. The van der Waals surface area contributed by atoms with E-state index < -0.39 is 0 Å². The zero-order valence-electron chi connectivity index (χ0n) is 15.7. The minimum absolute atomic E-state index is 0.00470. The van der Waals surface area contributed by atoms with Crippen LogP contribution in [-0.2, 0) is 18.0 Å². The van der Waals surface area contributed by atoms with Crippen LogP contribution >= 0.6 is 11.6 Å². The first kappa shape index (κ1) is 18.0. The summed E-state index contributed by atoms with van der Waals surface area (Å²) in [5.74, 6) is 0. The summed E-state index contributed by atoms with van der Waals surface area (Å²) in [5, 5.41) is 3.61. The van der Waals surface area contributed by atoms with Gasteiger partial charge in [-0.25, -0.2) is 0 Å². The van der Waals surface area contributed by atoms with Gasteiger partial charge in [-0.3, -0.25) is 4.79 Å². The Bertz CT molecular complexity index is 1210. The molecule has 0 aliphatic heterocycles. The number of benzene rings is 2. The van der Waals surface area contributed by atoms with Gasteiger partial charge in [0, 0.05) is 41.4 Å². The predicted octanol–water partition coefficient (Wildman–Crippen LogP) is 3.93. The maximum Gasteiger partial charge on any atom is 0.275 e. The van der Waals surface area contributed by atoms with E-state index >= 15 is 0 Å². The van der Waals surface area contributed by atoms with Gasteiger partial charge < -0.3 is 18.8 Å². The molecule has 0 fully saturated rings. The van der Waals surface area contributed by atoms with Crippen molar-refractivity contribution in [1.29, 1.82) is 0 Å². The molecule has 2 heterocycles. The van der Waals surface area contributed by atoms with Crippen LogP contribution in [0.25, 0.3) is 32.7 Å². The third-order valence-electron chi connectivity index (χ3n) is 4.97. The van der Waals surface area contributed by atoms with Crippen molar-refractivity contribution in [1.82, 2.24) is 14.0 Å². The summed E-state index contributed by atoms with van der Waals surface area (Å²) in [6, 6.07) is 13.8. The van der Waals surface area contributed by atoms with Gasteiger partial charge in [0.25, 0.3) is 5.56 Å². The first-order valence-electron chi connectivity index (χ1n) is 8.89. The lowest BCUT2D eigenvalue weighted by molar-refractivity contribution is 0.138. The Kier molecular flexibility index (Phi) is 4.68. The van der Waals surface area contributed by atoms with E-state index in [1.807, 2.05) is 59.6 Å². The molecule has 0 N–H and O–H groups in total. The van der Waals surface area contributed by atoms with Crippen molar-refractivity contribution in [2.45, 2.75) is 13.3 Å². The van der Waals surface area contributed by atoms with E-state index in [0.29, 0.717) is 23.8 Å². The van der Waals surface area contributed by atoms with Gasteiger partial charge in [0.1, 0.15) is 12.2 Å². The number of pyridine rings is 1. The van der Waals surface area contributed by atoms with Crippen LogP contribution in [0.4, 0.5) is 0 Å². The number of nitrogens with zero attached hydrogens (tertiary/aromatic N) is 3. The number of para-hydroxylation sites is 1. The molecule has 0 spiro atoms. The molecule has 0 atom stereocenters. The first-order chi connectivity index (χ1) is 13.0. The topological polar surface area (TPSA) is 39.4 Å². The number of likely N-dealkylation sites (N-methyl/N-ethyl adjacent to an activating group) is 1. The lowest BCUT2D eigenvalue weighted by atomic mass is 10.1. The largest absolute Gasteiger partial charge is 0.364 e. The second-order valence-corrected chi connectivity index (χ2v) is 7.44. The molecule has 0 unspecified atom stereocenters. The summed E-state index contributed by atoms with van der Waals surface area (Å²) in [6.45, 7) is 1.71. The van der Waals surface area contributed by atoms with E-state index in [9.17, 15) is 4.79 Å². The fraction of sp³-hybridized carbons (Fsp3) is 0.286.